The van der Waals surface area contributed by atoms with Gasteiger partial charge in [-0.3, -0.25) is 4.98 Å². The van der Waals surface area contributed by atoms with Crippen molar-refractivity contribution in [1.82, 2.24) is 10.3 Å². The lowest BCUT2D eigenvalue weighted by molar-refractivity contribution is -0.137. The van der Waals surface area contributed by atoms with Crippen molar-refractivity contribution >= 4 is 16.6 Å². The highest BCUT2D eigenvalue weighted by molar-refractivity contribution is 5.91. The van der Waals surface area contributed by atoms with E-state index in [0.29, 0.717) is 29.7 Å². The van der Waals surface area contributed by atoms with Crippen LogP contribution < -0.4 is 10.6 Å². The quantitative estimate of drug-likeness (QED) is 0.894. The summed E-state index contributed by atoms with van der Waals surface area (Å²) >= 11 is 0. The van der Waals surface area contributed by atoms with E-state index in [0.717, 1.165) is 18.7 Å². The molecule has 3 rings (SSSR count). The molecule has 0 saturated carbocycles. The number of morpholine rings is 1. The topological polar surface area (TPSA) is 46.2 Å². The number of ether oxygens (including phenoxy) is 1. The number of nitrogens with zero attached hydrogens (tertiary/aromatic N) is 1. The molecule has 2 aromatic rings. The molecule has 112 valence electrons. The summed E-state index contributed by atoms with van der Waals surface area (Å²) in [4.78, 5) is 4.01. The fourth-order valence-electron chi connectivity index (χ4n) is 2.28. The van der Waals surface area contributed by atoms with Crippen LogP contribution in [0, 0.1) is 0 Å². The van der Waals surface area contributed by atoms with Crippen molar-refractivity contribution in [3.8, 4) is 0 Å². The van der Waals surface area contributed by atoms with Gasteiger partial charge in [-0.25, -0.2) is 0 Å². The number of alkyl halides is 3. The fourth-order valence-corrected chi connectivity index (χ4v) is 2.28. The van der Waals surface area contributed by atoms with Crippen molar-refractivity contribution in [2.45, 2.75) is 12.4 Å². The van der Waals surface area contributed by atoms with Crippen molar-refractivity contribution in [3.63, 3.8) is 0 Å². The maximum Gasteiger partial charge on any atom is 0.416 e. The summed E-state index contributed by atoms with van der Waals surface area (Å²) < 4.78 is 43.7. The Balaban J connectivity index is 1.92. The highest BCUT2D eigenvalue weighted by Crippen LogP contribution is 2.32. The highest BCUT2D eigenvalue weighted by atomic mass is 19.4. The number of nitrogens with one attached hydrogen (secondary N) is 2. The summed E-state index contributed by atoms with van der Waals surface area (Å²) in [7, 11) is 0. The second-order valence-electron chi connectivity index (χ2n) is 4.80. The van der Waals surface area contributed by atoms with E-state index in [1.165, 1.54) is 12.3 Å². The maximum atomic E-state index is 12.7. The van der Waals surface area contributed by atoms with Gasteiger partial charge in [0.05, 0.1) is 17.7 Å². The average molecular weight is 297 g/mol. The SMILES string of the molecule is FC(F)(F)c1ccc2c(NC3CNCCO3)ccnc2c1. The Hall–Kier alpha value is -1.86. The number of fused-ring (bicyclic) bond motifs is 1. The van der Waals surface area contributed by atoms with Crippen molar-refractivity contribution in [2.75, 3.05) is 25.0 Å². The summed E-state index contributed by atoms with van der Waals surface area (Å²) in [6, 6.07) is 5.28. The van der Waals surface area contributed by atoms with Gasteiger partial charge in [0.1, 0.15) is 6.23 Å². The van der Waals surface area contributed by atoms with Gasteiger partial charge in [-0.15, -0.1) is 0 Å². The molecule has 7 heteroatoms. The number of anilines is 1. The standard InChI is InChI=1S/C14H14F3N3O/c15-14(16,17)9-1-2-10-11(3-4-19-12(10)7-9)20-13-8-18-5-6-21-13/h1-4,7,13,18H,5-6,8H2,(H,19,20). The maximum absolute atomic E-state index is 12.7. The first-order valence-electron chi connectivity index (χ1n) is 6.59. The molecule has 1 saturated heterocycles. The number of halogens is 3. The van der Waals surface area contributed by atoms with Crippen LogP contribution in [0.25, 0.3) is 10.9 Å². The molecule has 1 aliphatic rings. The minimum absolute atomic E-state index is 0.202. The number of rotatable bonds is 2. The zero-order valence-corrected chi connectivity index (χ0v) is 11.1. The Kier molecular flexibility index (Phi) is 3.69. The number of pyridine rings is 1. The van der Waals surface area contributed by atoms with Crippen LogP contribution in [0.1, 0.15) is 5.56 Å². The van der Waals surface area contributed by atoms with Gasteiger partial charge >= 0.3 is 6.18 Å². The first-order chi connectivity index (χ1) is 10.0. The van der Waals surface area contributed by atoms with E-state index in [9.17, 15) is 13.2 Å². The molecule has 1 fully saturated rings. The number of benzene rings is 1. The van der Waals surface area contributed by atoms with Gasteiger partial charge in [0.15, 0.2) is 0 Å². The van der Waals surface area contributed by atoms with Crippen LogP contribution in [0.2, 0.25) is 0 Å². The number of hydrogen-bond donors (Lipinski definition) is 2. The number of hydrogen-bond acceptors (Lipinski definition) is 4. The number of aromatic nitrogens is 1. The molecule has 1 aromatic heterocycles. The Morgan fingerprint density at radius 2 is 2.14 bits per heavy atom. The third kappa shape index (κ3) is 3.08. The van der Waals surface area contributed by atoms with Crippen molar-refractivity contribution in [3.05, 3.63) is 36.0 Å². The van der Waals surface area contributed by atoms with E-state index in [1.807, 2.05) is 0 Å². The van der Waals surface area contributed by atoms with E-state index in [2.05, 4.69) is 15.6 Å². The molecule has 0 radical (unpaired) electrons. The van der Waals surface area contributed by atoms with Crippen LogP contribution in [0.4, 0.5) is 18.9 Å². The van der Waals surface area contributed by atoms with E-state index in [-0.39, 0.29) is 6.23 Å². The molecule has 1 unspecified atom stereocenters. The smallest absolute Gasteiger partial charge is 0.359 e. The van der Waals surface area contributed by atoms with Crippen molar-refractivity contribution in [2.24, 2.45) is 0 Å². The molecule has 0 aliphatic carbocycles. The van der Waals surface area contributed by atoms with Crippen LogP contribution in [0.15, 0.2) is 30.5 Å². The largest absolute Gasteiger partial charge is 0.416 e. The second-order valence-corrected chi connectivity index (χ2v) is 4.80. The van der Waals surface area contributed by atoms with Gasteiger partial charge in [0.25, 0.3) is 0 Å². The molecule has 1 aromatic carbocycles. The zero-order chi connectivity index (χ0) is 14.9. The molecule has 1 atom stereocenters. The molecule has 1 aliphatic heterocycles. The molecule has 4 nitrogen and oxygen atoms in total. The predicted molar refractivity (Wildman–Crippen MR) is 73.0 cm³/mol. The Labute approximate surface area is 119 Å². The predicted octanol–water partition coefficient (Wildman–Crippen LogP) is 2.61. The van der Waals surface area contributed by atoms with E-state index in [1.54, 1.807) is 6.07 Å². The lowest BCUT2D eigenvalue weighted by Gasteiger charge is -2.25. The molecule has 0 amide bonds. The van der Waals surface area contributed by atoms with Crippen LogP contribution in [-0.4, -0.2) is 30.9 Å². The summed E-state index contributed by atoms with van der Waals surface area (Å²) in [5.74, 6) is 0. The van der Waals surface area contributed by atoms with Crippen LogP contribution in [0.3, 0.4) is 0 Å². The normalized spacial score (nSPS) is 19.7. The fraction of sp³-hybridized carbons (Fsp3) is 0.357. The molecule has 2 N–H and O–H groups in total. The van der Waals surface area contributed by atoms with Gasteiger partial charge in [-0.05, 0) is 18.2 Å². The summed E-state index contributed by atoms with van der Waals surface area (Å²) in [6.07, 6.45) is -3.08. The van der Waals surface area contributed by atoms with Crippen LogP contribution >= 0.6 is 0 Å². The molecule has 0 spiro atoms. The Morgan fingerprint density at radius 3 is 2.86 bits per heavy atom. The second kappa shape index (κ2) is 5.50. The third-order valence-corrected chi connectivity index (χ3v) is 3.31. The first-order valence-corrected chi connectivity index (χ1v) is 6.59. The minimum atomic E-state index is -4.37. The molecular formula is C14H14F3N3O. The molecular weight excluding hydrogens is 283 g/mol. The average Bonchev–Trinajstić information content (AvgIpc) is 2.47. The van der Waals surface area contributed by atoms with Gasteiger partial charge in [0, 0.05) is 30.4 Å². The van der Waals surface area contributed by atoms with Crippen molar-refractivity contribution < 1.29 is 17.9 Å². The summed E-state index contributed by atoms with van der Waals surface area (Å²) in [6.45, 7) is 2.04. The van der Waals surface area contributed by atoms with E-state index in [4.69, 9.17) is 4.74 Å². The molecule has 0 bridgehead atoms. The Bertz CT molecular complexity index is 639. The van der Waals surface area contributed by atoms with Gasteiger partial charge in [0.2, 0.25) is 0 Å². The van der Waals surface area contributed by atoms with E-state index < -0.39 is 11.7 Å². The summed E-state index contributed by atoms with van der Waals surface area (Å²) in [5.41, 5.74) is 0.316. The molecule has 21 heavy (non-hydrogen) atoms. The van der Waals surface area contributed by atoms with Gasteiger partial charge in [-0.1, -0.05) is 6.07 Å². The summed E-state index contributed by atoms with van der Waals surface area (Å²) in [5, 5.41) is 6.99. The Morgan fingerprint density at radius 1 is 1.29 bits per heavy atom. The van der Waals surface area contributed by atoms with E-state index >= 15 is 0 Å². The first kappa shape index (κ1) is 14.1. The monoisotopic (exact) mass is 297 g/mol. The lowest BCUT2D eigenvalue weighted by atomic mass is 10.1. The third-order valence-electron chi connectivity index (χ3n) is 3.31. The highest BCUT2D eigenvalue weighted by Gasteiger charge is 2.30. The van der Waals surface area contributed by atoms with Gasteiger partial charge < -0.3 is 15.4 Å². The van der Waals surface area contributed by atoms with Crippen molar-refractivity contribution in [1.29, 1.82) is 0 Å². The van der Waals surface area contributed by atoms with Crippen LogP contribution in [-0.2, 0) is 10.9 Å². The molecule has 2 heterocycles. The van der Waals surface area contributed by atoms with Crippen LogP contribution in [0.5, 0.6) is 0 Å². The zero-order valence-electron chi connectivity index (χ0n) is 11.1. The minimum Gasteiger partial charge on any atom is -0.359 e. The van der Waals surface area contributed by atoms with Gasteiger partial charge in [-0.2, -0.15) is 13.2 Å². The lowest BCUT2D eigenvalue weighted by Crippen LogP contribution is -2.42.